The fourth-order valence-electron chi connectivity index (χ4n) is 3.61. The number of sulfonamides is 1. The minimum Gasteiger partial charge on any atom is -0.493 e. The quantitative estimate of drug-likeness (QED) is 0.646. The fraction of sp³-hybridized carbons (Fsp3) is 0.333. The second-order valence-corrected chi connectivity index (χ2v) is 8.35. The molecule has 1 fully saturated rings. The largest absolute Gasteiger partial charge is 0.493 e. The summed E-state index contributed by atoms with van der Waals surface area (Å²) < 4.78 is 37.1. The van der Waals surface area contributed by atoms with Crippen molar-refractivity contribution in [3.8, 4) is 5.75 Å². The zero-order valence-corrected chi connectivity index (χ0v) is 15.3. The summed E-state index contributed by atoms with van der Waals surface area (Å²) >= 11 is 0. The van der Waals surface area contributed by atoms with Gasteiger partial charge in [0.15, 0.2) is 11.3 Å². The van der Waals surface area contributed by atoms with Crippen LogP contribution in [-0.4, -0.2) is 39.7 Å². The first-order chi connectivity index (χ1) is 12.4. The van der Waals surface area contributed by atoms with Crippen molar-refractivity contribution in [3.63, 3.8) is 0 Å². The first kappa shape index (κ1) is 17.1. The molecule has 0 radical (unpaired) electrons. The summed E-state index contributed by atoms with van der Waals surface area (Å²) in [6.07, 6.45) is 1.19. The van der Waals surface area contributed by atoms with Crippen LogP contribution in [0.1, 0.15) is 17.9 Å². The van der Waals surface area contributed by atoms with Crippen molar-refractivity contribution in [2.75, 3.05) is 24.6 Å². The van der Waals surface area contributed by atoms with Gasteiger partial charge >= 0.3 is 0 Å². The molecule has 0 aliphatic carbocycles. The van der Waals surface area contributed by atoms with Crippen LogP contribution in [0.4, 0.5) is 5.69 Å². The molecule has 138 valence electrons. The Labute approximate surface area is 151 Å². The van der Waals surface area contributed by atoms with Crippen LogP contribution in [0.25, 0.3) is 21.9 Å². The predicted molar refractivity (Wildman–Crippen MR) is 100 cm³/mol. The normalized spacial score (nSPS) is 20.7. The van der Waals surface area contributed by atoms with Gasteiger partial charge in [-0.1, -0.05) is 6.07 Å². The van der Waals surface area contributed by atoms with E-state index in [-0.39, 0.29) is 5.92 Å². The second kappa shape index (κ2) is 6.15. The van der Waals surface area contributed by atoms with Crippen LogP contribution < -0.4 is 14.8 Å². The van der Waals surface area contributed by atoms with E-state index in [1.165, 1.54) is 0 Å². The van der Waals surface area contributed by atoms with Gasteiger partial charge in [0.25, 0.3) is 0 Å². The number of fused-ring (bicyclic) bond motifs is 3. The number of furan rings is 1. The molecule has 0 bridgehead atoms. The third kappa shape index (κ3) is 3.00. The molecule has 3 aromatic rings. The molecular weight excluding hydrogens is 356 g/mol. The Kier molecular flexibility index (Phi) is 4.06. The molecule has 8 heteroatoms. The minimum absolute atomic E-state index is 0.130. The minimum atomic E-state index is -3.38. The SMILES string of the molecule is COc1ccc(C2CNC(O)C2)c2c1oc1ccc(NS(C)(=O)=O)cc12. The van der Waals surface area contributed by atoms with Crippen molar-refractivity contribution in [2.45, 2.75) is 18.6 Å². The van der Waals surface area contributed by atoms with Crippen molar-refractivity contribution in [2.24, 2.45) is 0 Å². The summed E-state index contributed by atoms with van der Waals surface area (Å²) in [6.45, 7) is 0.663. The van der Waals surface area contributed by atoms with Gasteiger partial charge in [0.2, 0.25) is 10.0 Å². The maximum atomic E-state index is 11.6. The summed E-state index contributed by atoms with van der Waals surface area (Å²) in [5.41, 5.74) is 2.79. The molecule has 0 amide bonds. The van der Waals surface area contributed by atoms with Crippen LogP contribution in [0.15, 0.2) is 34.7 Å². The molecule has 2 atom stereocenters. The van der Waals surface area contributed by atoms with Crippen LogP contribution in [0.2, 0.25) is 0 Å². The van der Waals surface area contributed by atoms with Gasteiger partial charge < -0.3 is 14.3 Å². The molecule has 1 aliphatic heterocycles. The van der Waals surface area contributed by atoms with Crippen LogP contribution in [-0.2, 0) is 10.0 Å². The Morgan fingerprint density at radius 3 is 2.77 bits per heavy atom. The standard InChI is InChI=1S/C18H20N2O5S/c1-24-15-6-4-12(10-7-16(21)19-9-10)17-13-8-11(20-26(2,22)23)3-5-14(13)25-18(15)17/h3-6,8,10,16,19-21H,7,9H2,1-2H3. The topological polar surface area (TPSA) is 101 Å². The van der Waals surface area contributed by atoms with Crippen molar-refractivity contribution >= 4 is 37.6 Å². The Morgan fingerprint density at radius 2 is 2.12 bits per heavy atom. The number of aliphatic hydroxyl groups is 1. The second-order valence-electron chi connectivity index (χ2n) is 6.61. The molecule has 2 aromatic carbocycles. The average molecular weight is 376 g/mol. The molecule has 1 saturated heterocycles. The van der Waals surface area contributed by atoms with E-state index in [9.17, 15) is 13.5 Å². The summed E-state index contributed by atoms with van der Waals surface area (Å²) in [4.78, 5) is 0. The lowest BCUT2D eigenvalue weighted by atomic mass is 9.93. The van der Waals surface area contributed by atoms with Gasteiger partial charge in [-0.05, 0) is 36.2 Å². The number of anilines is 1. The van der Waals surface area contributed by atoms with E-state index in [1.807, 2.05) is 12.1 Å². The predicted octanol–water partition coefficient (Wildman–Crippen LogP) is 2.36. The van der Waals surface area contributed by atoms with E-state index in [0.717, 1.165) is 22.6 Å². The highest BCUT2D eigenvalue weighted by Gasteiger charge is 2.27. The third-order valence-corrected chi connectivity index (χ3v) is 5.29. The lowest BCUT2D eigenvalue weighted by molar-refractivity contribution is 0.159. The third-order valence-electron chi connectivity index (χ3n) is 4.69. The number of benzene rings is 2. The van der Waals surface area contributed by atoms with Gasteiger partial charge in [-0.2, -0.15) is 0 Å². The van der Waals surface area contributed by atoms with E-state index in [1.54, 1.807) is 25.3 Å². The number of rotatable bonds is 4. The van der Waals surface area contributed by atoms with Crippen molar-refractivity contribution in [1.82, 2.24) is 5.32 Å². The highest BCUT2D eigenvalue weighted by atomic mass is 32.2. The molecule has 26 heavy (non-hydrogen) atoms. The van der Waals surface area contributed by atoms with E-state index >= 15 is 0 Å². The maximum Gasteiger partial charge on any atom is 0.229 e. The highest BCUT2D eigenvalue weighted by Crippen LogP contribution is 2.42. The van der Waals surface area contributed by atoms with Crippen molar-refractivity contribution in [1.29, 1.82) is 0 Å². The van der Waals surface area contributed by atoms with Crippen molar-refractivity contribution in [3.05, 3.63) is 35.9 Å². The zero-order valence-electron chi connectivity index (χ0n) is 14.4. The fourth-order valence-corrected chi connectivity index (χ4v) is 4.17. The van der Waals surface area contributed by atoms with E-state index in [0.29, 0.717) is 35.6 Å². The molecule has 3 N–H and O–H groups in total. The molecule has 1 aliphatic rings. The number of methoxy groups -OCH3 is 1. The Morgan fingerprint density at radius 1 is 1.31 bits per heavy atom. The summed E-state index contributed by atoms with van der Waals surface area (Å²) in [5.74, 6) is 0.745. The number of ether oxygens (including phenoxy) is 1. The van der Waals surface area contributed by atoms with Crippen molar-refractivity contribution < 1.29 is 22.7 Å². The Bertz CT molecular complexity index is 1090. The molecular formula is C18H20N2O5S. The van der Waals surface area contributed by atoms with Crippen LogP contribution in [0.5, 0.6) is 5.75 Å². The van der Waals surface area contributed by atoms with Gasteiger partial charge in [-0.3, -0.25) is 10.0 Å². The maximum absolute atomic E-state index is 11.6. The van der Waals surface area contributed by atoms with Gasteiger partial charge in [0.05, 0.1) is 13.4 Å². The molecule has 0 saturated carbocycles. The zero-order chi connectivity index (χ0) is 18.5. The monoisotopic (exact) mass is 376 g/mol. The van der Waals surface area contributed by atoms with E-state index in [2.05, 4.69) is 10.0 Å². The molecule has 0 spiro atoms. The number of hydrogen-bond acceptors (Lipinski definition) is 6. The van der Waals surface area contributed by atoms with Gasteiger partial charge in [0.1, 0.15) is 11.8 Å². The molecule has 2 heterocycles. The number of nitrogens with one attached hydrogen (secondary N) is 2. The lowest BCUT2D eigenvalue weighted by Gasteiger charge is -2.12. The number of hydrogen-bond donors (Lipinski definition) is 3. The molecule has 2 unspecified atom stereocenters. The van der Waals surface area contributed by atoms with E-state index < -0.39 is 16.3 Å². The number of aliphatic hydroxyl groups excluding tert-OH is 1. The Balaban J connectivity index is 1.96. The first-order valence-corrected chi connectivity index (χ1v) is 10.2. The molecule has 7 nitrogen and oxygen atoms in total. The van der Waals surface area contributed by atoms with Gasteiger partial charge in [-0.15, -0.1) is 0 Å². The average Bonchev–Trinajstić information content (AvgIpc) is 3.16. The lowest BCUT2D eigenvalue weighted by Crippen LogP contribution is -2.19. The van der Waals surface area contributed by atoms with Crippen LogP contribution >= 0.6 is 0 Å². The smallest absolute Gasteiger partial charge is 0.229 e. The van der Waals surface area contributed by atoms with Gasteiger partial charge in [0, 0.05) is 28.9 Å². The Hall–Kier alpha value is -2.29. The molecule has 1 aromatic heterocycles. The van der Waals surface area contributed by atoms with Crippen LogP contribution in [0.3, 0.4) is 0 Å². The summed E-state index contributed by atoms with van der Waals surface area (Å²) in [5, 5.41) is 14.6. The van der Waals surface area contributed by atoms with Gasteiger partial charge in [-0.25, -0.2) is 8.42 Å². The first-order valence-electron chi connectivity index (χ1n) is 8.28. The van der Waals surface area contributed by atoms with Crippen LogP contribution in [0, 0.1) is 0 Å². The highest BCUT2D eigenvalue weighted by molar-refractivity contribution is 7.92. The molecule has 4 rings (SSSR count). The summed E-state index contributed by atoms with van der Waals surface area (Å²) in [7, 11) is -1.79. The van der Waals surface area contributed by atoms with E-state index in [4.69, 9.17) is 9.15 Å². The summed E-state index contributed by atoms with van der Waals surface area (Å²) in [6, 6.07) is 9.02.